The van der Waals surface area contributed by atoms with Gasteiger partial charge in [-0.25, -0.2) is 9.07 Å². The van der Waals surface area contributed by atoms with E-state index in [1.165, 1.54) is 12.1 Å². The molecule has 118 valence electrons. The van der Waals surface area contributed by atoms with Gasteiger partial charge in [0.15, 0.2) is 0 Å². The van der Waals surface area contributed by atoms with Crippen molar-refractivity contribution in [1.29, 1.82) is 0 Å². The van der Waals surface area contributed by atoms with E-state index in [0.29, 0.717) is 18.7 Å². The summed E-state index contributed by atoms with van der Waals surface area (Å²) in [6, 6.07) is 17.7. The number of aliphatic hydroxyl groups is 1. The molecule has 0 aliphatic carbocycles. The molecule has 2 aromatic carbocycles. The van der Waals surface area contributed by atoms with Gasteiger partial charge < -0.3 is 10.4 Å². The van der Waals surface area contributed by atoms with Gasteiger partial charge in [-0.15, -0.1) is 0 Å². The van der Waals surface area contributed by atoms with Crippen LogP contribution < -0.4 is 5.32 Å². The SMILES string of the molecule is OC(CNCc1ccn(-c2ccccc2)n1)c1ccc(F)cc1. The number of hydrogen-bond acceptors (Lipinski definition) is 3. The minimum absolute atomic E-state index is 0.305. The molecule has 1 atom stereocenters. The van der Waals surface area contributed by atoms with Crippen molar-refractivity contribution < 1.29 is 9.50 Å². The second kappa shape index (κ2) is 7.17. The molecular formula is C18H18FN3O. The molecule has 1 aromatic heterocycles. The Labute approximate surface area is 134 Å². The molecule has 3 rings (SSSR count). The molecule has 4 nitrogen and oxygen atoms in total. The summed E-state index contributed by atoms with van der Waals surface area (Å²) >= 11 is 0. The Hall–Kier alpha value is -2.50. The number of aromatic nitrogens is 2. The number of nitrogens with zero attached hydrogens (tertiary/aromatic N) is 2. The van der Waals surface area contributed by atoms with Gasteiger partial charge in [0.05, 0.1) is 17.5 Å². The van der Waals surface area contributed by atoms with Crippen molar-refractivity contribution in [3.63, 3.8) is 0 Å². The highest BCUT2D eigenvalue weighted by molar-refractivity contribution is 5.30. The first-order valence-corrected chi connectivity index (χ1v) is 7.46. The molecule has 2 N–H and O–H groups in total. The van der Waals surface area contributed by atoms with Crippen LogP contribution >= 0.6 is 0 Å². The Kier molecular flexibility index (Phi) is 4.80. The standard InChI is InChI=1S/C18H18FN3O/c19-15-8-6-14(7-9-15)18(23)13-20-12-16-10-11-22(21-16)17-4-2-1-3-5-17/h1-11,18,20,23H,12-13H2. The molecule has 0 spiro atoms. The van der Waals surface area contributed by atoms with Crippen molar-refractivity contribution in [3.8, 4) is 5.69 Å². The molecule has 0 aliphatic heterocycles. The summed E-state index contributed by atoms with van der Waals surface area (Å²) < 4.78 is 14.7. The lowest BCUT2D eigenvalue weighted by Crippen LogP contribution is -2.21. The van der Waals surface area contributed by atoms with E-state index in [1.807, 2.05) is 47.3 Å². The van der Waals surface area contributed by atoms with E-state index in [4.69, 9.17) is 0 Å². The predicted octanol–water partition coefficient (Wildman–Crippen LogP) is 2.83. The van der Waals surface area contributed by atoms with Crippen LogP contribution in [0, 0.1) is 5.82 Å². The number of benzene rings is 2. The zero-order valence-electron chi connectivity index (χ0n) is 12.6. The summed E-state index contributed by atoms with van der Waals surface area (Å²) in [6.07, 6.45) is 1.23. The largest absolute Gasteiger partial charge is 0.387 e. The minimum atomic E-state index is -0.674. The predicted molar refractivity (Wildman–Crippen MR) is 86.6 cm³/mol. The van der Waals surface area contributed by atoms with Crippen molar-refractivity contribution in [2.24, 2.45) is 0 Å². The van der Waals surface area contributed by atoms with Crippen molar-refractivity contribution in [2.75, 3.05) is 6.54 Å². The molecule has 23 heavy (non-hydrogen) atoms. The number of aliphatic hydroxyl groups excluding tert-OH is 1. The van der Waals surface area contributed by atoms with Crippen LogP contribution in [-0.4, -0.2) is 21.4 Å². The average Bonchev–Trinajstić information content (AvgIpc) is 3.05. The molecule has 0 aliphatic rings. The lowest BCUT2D eigenvalue weighted by molar-refractivity contribution is 0.174. The van der Waals surface area contributed by atoms with Crippen molar-refractivity contribution in [3.05, 3.63) is 83.9 Å². The lowest BCUT2D eigenvalue weighted by atomic mass is 10.1. The number of halogens is 1. The topological polar surface area (TPSA) is 50.1 Å². The van der Waals surface area contributed by atoms with E-state index >= 15 is 0 Å². The van der Waals surface area contributed by atoms with Gasteiger partial charge in [0, 0.05) is 19.3 Å². The monoisotopic (exact) mass is 311 g/mol. The summed E-state index contributed by atoms with van der Waals surface area (Å²) in [5.74, 6) is -0.305. The smallest absolute Gasteiger partial charge is 0.123 e. The Morgan fingerprint density at radius 1 is 1.04 bits per heavy atom. The van der Waals surface area contributed by atoms with Gasteiger partial charge in [-0.1, -0.05) is 30.3 Å². The lowest BCUT2D eigenvalue weighted by Gasteiger charge is -2.11. The molecule has 3 aromatic rings. The highest BCUT2D eigenvalue weighted by Gasteiger charge is 2.08. The molecule has 5 heteroatoms. The van der Waals surface area contributed by atoms with Gasteiger partial charge in [0.1, 0.15) is 5.82 Å². The fourth-order valence-corrected chi connectivity index (χ4v) is 2.32. The van der Waals surface area contributed by atoms with E-state index < -0.39 is 6.10 Å². The van der Waals surface area contributed by atoms with Gasteiger partial charge in [-0.05, 0) is 35.9 Å². The molecule has 1 unspecified atom stereocenters. The van der Waals surface area contributed by atoms with Crippen LogP contribution in [-0.2, 0) is 6.54 Å². The summed E-state index contributed by atoms with van der Waals surface area (Å²) in [7, 11) is 0. The highest BCUT2D eigenvalue weighted by Crippen LogP contribution is 2.12. The summed E-state index contributed by atoms with van der Waals surface area (Å²) in [6.45, 7) is 0.932. The molecule has 0 bridgehead atoms. The maximum Gasteiger partial charge on any atom is 0.123 e. The first-order valence-electron chi connectivity index (χ1n) is 7.46. The summed E-state index contributed by atoms with van der Waals surface area (Å²) in [4.78, 5) is 0. The van der Waals surface area contributed by atoms with Crippen LogP contribution in [0.1, 0.15) is 17.4 Å². The Morgan fingerprint density at radius 2 is 1.78 bits per heavy atom. The maximum absolute atomic E-state index is 12.9. The number of nitrogens with one attached hydrogen (secondary N) is 1. The third kappa shape index (κ3) is 4.03. The van der Waals surface area contributed by atoms with Gasteiger partial charge in [-0.3, -0.25) is 0 Å². The van der Waals surface area contributed by atoms with Crippen LogP contribution in [0.3, 0.4) is 0 Å². The molecule has 0 saturated heterocycles. The normalized spacial score (nSPS) is 12.3. The van der Waals surface area contributed by atoms with E-state index in [1.54, 1.807) is 12.1 Å². The molecular weight excluding hydrogens is 293 g/mol. The Bertz CT molecular complexity index is 740. The van der Waals surface area contributed by atoms with Crippen LogP contribution in [0.5, 0.6) is 0 Å². The summed E-state index contributed by atoms with van der Waals surface area (Å²) in [5, 5.41) is 17.7. The van der Waals surface area contributed by atoms with Crippen LogP contribution in [0.4, 0.5) is 4.39 Å². The molecule has 1 heterocycles. The number of para-hydroxylation sites is 1. The second-order valence-electron chi connectivity index (χ2n) is 5.29. The first kappa shape index (κ1) is 15.4. The van der Waals surface area contributed by atoms with E-state index in [9.17, 15) is 9.50 Å². The third-order valence-electron chi connectivity index (χ3n) is 3.56. The third-order valence-corrected chi connectivity index (χ3v) is 3.56. The molecule has 0 amide bonds. The summed E-state index contributed by atoms with van der Waals surface area (Å²) in [5.41, 5.74) is 2.58. The van der Waals surface area contributed by atoms with Crippen LogP contribution in [0.25, 0.3) is 5.69 Å². The van der Waals surface area contributed by atoms with Crippen LogP contribution in [0.2, 0.25) is 0 Å². The first-order chi connectivity index (χ1) is 11.2. The quantitative estimate of drug-likeness (QED) is 0.736. The highest BCUT2D eigenvalue weighted by atomic mass is 19.1. The second-order valence-corrected chi connectivity index (χ2v) is 5.29. The van der Waals surface area contributed by atoms with Crippen molar-refractivity contribution >= 4 is 0 Å². The minimum Gasteiger partial charge on any atom is -0.387 e. The van der Waals surface area contributed by atoms with Gasteiger partial charge >= 0.3 is 0 Å². The van der Waals surface area contributed by atoms with E-state index in [-0.39, 0.29) is 5.82 Å². The molecule has 0 fully saturated rings. The zero-order valence-corrected chi connectivity index (χ0v) is 12.6. The number of hydrogen-bond donors (Lipinski definition) is 2. The van der Waals surface area contributed by atoms with E-state index in [2.05, 4.69) is 10.4 Å². The average molecular weight is 311 g/mol. The number of rotatable bonds is 6. The zero-order chi connectivity index (χ0) is 16.1. The Balaban J connectivity index is 1.53. The van der Waals surface area contributed by atoms with Crippen molar-refractivity contribution in [2.45, 2.75) is 12.6 Å². The maximum atomic E-state index is 12.9. The molecule has 0 radical (unpaired) electrons. The Morgan fingerprint density at radius 3 is 2.52 bits per heavy atom. The van der Waals surface area contributed by atoms with Gasteiger partial charge in [0.25, 0.3) is 0 Å². The fraction of sp³-hybridized carbons (Fsp3) is 0.167. The van der Waals surface area contributed by atoms with Crippen molar-refractivity contribution in [1.82, 2.24) is 15.1 Å². The van der Waals surface area contributed by atoms with Gasteiger partial charge in [-0.2, -0.15) is 5.10 Å². The van der Waals surface area contributed by atoms with Gasteiger partial charge in [0.2, 0.25) is 0 Å². The van der Waals surface area contributed by atoms with Crippen LogP contribution in [0.15, 0.2) is 66.9 Å². The molecule has 0 saturated carbocycles. The fourth-order valence-electron chi connectivity index (χ4n) is 2.32. The van der Waals surface area contributed by atoms with E-state index in [0.717, 1.165) is 11.4 Å².